The van der Waals surface area contributed by atoms with Crippen LogP contribution >= 0.6 is 0 Å². The molecule has 0 amide bonds. The van der Waals surface area contributed by atoms with Crippen LogP contribution in [0.25, 0.3) is 11.1 Å². The average Bonchev–Trinajstić information content (AvgIpc) is 2.41. The third-order valence-electron chi connectivity index (χ3n) is 2.83. The van der Waals surface area contributed by atoms with Crippen LogP contribution in [0, 0.1) is 17.5 Å². The SMILES string of the molecule is O=C(O)C(F)(F)c1ccc(-c2ccc(F)c(F)c2)cc1F. The van der Waals surface area contributed by atoms with Crippen molar-refractivity contribution in [1.29, 1.82) is 0 Å². The molecule has 110 valence electrons. The summed E-state index contributed by atoms with van der Waals surface area (Å²) in [7, 11) is 0. The first-order valence-corrected chi connectivity index (χ1v) is 5.60. The molecule has 0 radical (unpaired) electrons. The fraction of sp³-hybridized carbons (Fsp3) is 0.0714. The molecule has 2 nitrogen and oxygen atoms in total. The highest BCUT2D eigenvalue weighted by atomic mass is 19.3. The van der Waals surface area contributed by atoms with Gasteiger partial charge in [0.1, 0.15) is 5.82 Å². The number of rotatable bonds is 3. The van der Waals surface area contributed by atoms with Crippen molar-refractivity contribution in [2.24, 2.45) is 0 Å². The second-order valence-corrected chi connectivity index (χ2v) is 4.20. The van der Waals surface area contributed by atoms with Crippen molar-refractivity contribution < 1.29 is 31.9 Å². The number of alkyl halides is 2. The monoisotopic (exact) mass is 302 g/mol. The minimum absolute atomic E-state index is 0.0105. The van der Waals surface area contributed by atoms with Crippen molar-refractivity contribution in [3.8, 4) is 11.1 Å². The Hall–Kier alpha value is -2.44. The van der Waals surface area contributed by atoms with Gasteiger partial charge in [0, 0.05) is 0 Å². The minimum Gasteiger partial charge on any atom is -0.477 e. The Bertz CT molecular complexity index is 713. The van der Waals surface area contributed by atoms with Crippen molar-refractivity contribution in [3.05, 3.63) is 59.4 Å². The molecule has 0 saturated heterocycles. The molecule has 1 N–H and O–H groups in total. The predicted octanol–water partition coefficient (Wildman–Crippen LogP) is 3.95. The second kappa shape index (κ2) is 5.16. The molecular formula is C14H7F5O2. The highest BCUT2D eigenvalue weighted by molar-refractivity contribution is 5.78. The smallest absolute Gasteiger partial charge is 0.379 e. The Labute approximate surface area is 115 Å². The summed E-state index contributed by atoms with van der Waals surface area (Å²) >= 11 is 0. The van der Waals surface area contributed by atoms with Crippen molar-refractivity contribution >= 4 is 5.97 Å². The van der Waals surface area contributed by atoms with Crippen LogP contribution < -0.4 is 0 Å². The molecule has 21 heavy (non-hydrogen) atoms. The fourth-order valence-electron chi connectivity index (χ4n) is 1.74. The Morgan fingerprint density at radius 3 is 1.86 bits per heavy atom. The molecule has 0 unspecified atom stereocenters. The van der Waals surface area contributed by atoms with Gasteiger partial charge in [0.25, 0.3) is 0 Å². The molecule has 0 atom stereocenters. The maximum absolute atomic E-state index is 13.7. The van der Waals surface area contributed by atoms with E-state index in [1.165, 1.54) is 0 Å². The van der Waals surface area contributed by atoms with Crippen LogP contribution in [-0.2, 0) is 10.7 Å². The maximum atomic E-state index is 13.7. The lowest BCUT2D eigenvalue weighted by atomic mass is 10.0. The van der Waals surface area contributed by atoms with Crippen LogP contribution in [0.15, 0.2) is 36.4 Å². The van der Waals surface area contributed by atoms with Gasteiger partial charge in [-0.25, -0.2) is 18.0 Å². The lowest BCUT2D eigenvalue weighted by molar-refractivity contribution is -0.166. The number of carboxylic acid groups (broad SMARTS) is 1. The zero-order valence-corrected chi connectivity index (χ0v) is 10.2. The van der Waals surface area contributed by atoms with Gasteiger partial charge in [0.2, 0.25) is 0 Å². The van der Waals surface area contributed by atoms with E-state index in [0.717, 1.165) is 24.3 Å². The number of hydrogen-bond donors (Lipinski definition) is 1. The van der Waals surface area contributed by atoms with Crippen LogP contribution in [0.5, 0.6) is 0 Å². The predicted molar refractivity (Wildman–Crippen MR) is 63.3 cm³/mol. The van der Waals surface area contributed by atoms with Gasteiger partial charge < -0.3 is 5.11 Å². The normalized spacial score (nSPS) is 11.5. The molecule has 0 spiro atoms. The number of carboxylic acids is 1. The van der Waals surface area contributed by atoms with E-state index in [2.05, 4.69) is 0 Å². The quantitative estimate of drug-likeness (QED) is 0.872. The highest BCUT2D eigenvalue weighted by Crippen LogP contribution is 2.33. The topological polar surface area (TPSA) is 37.3 Å². The molecule has 7 heteroatoms. The lowest BCUT2D eigenvalue weighted by Gasteiger charge is -2.13. The molecule has 0 aliphatic carbocycles. The van der Waals surface area contributed by atoms with Gasteiger partial charge in [-0.2, -0.15) is 8.78 Å². The van der Waals surface area contributed by atoms with Crippen LogP contribution in [0.1, 0.15) is 5.56 Å². The van der Waals surface area contributed by atoms with Crippen molar-refractivity contribution in [2.45, 2.75) is 5.92 Å². The molecule has 0 aliphatic heterocycles. The van der Waals surface area contributed by atoms with Crippen LogP contribution in [0.3, 0.4) is 0 Å². The molecule has 0 saturated carbocycles. The van der Waals surface area contributed by atoms with Crippen LogP contribution in [0.4, 0.5) is 22.0 Å². The number of carbonyl (C=O) groups is 1. The summed E-state index contributed by atoms with van der Waals surface area (Å²) in [5.41, 5.74) is -1.23. The summed E-state index contributed by atoms with van der Waals surface area (Å²) in [6, 6.07) is 4.96. The molecule has 2 aromatic carbocycles. The summed E-state index contributed by atoms with van der Waals surface area (Å²) in [6.07, 6.45) is 0. The van der Waals surface area contributed by atoms with Crippen molar-refractivity contribution in [2.75, 3.05) is 0 Å². The van der Waals surface area contributed by atoms with Crippen molar-refractivity contribution in [1.82, 2.24) is 0 Å². The molecule has 0 bridgehead atoms. The zero-order chi connectivity index (χ0) is 15.8. The number of benzene rings is 2. The van der Waals surface area contributed by atoms with Gasteiger partial charge in [0.15, 0.2) is 11.6 Å². The summed E-state index contributed by atoms with van der Waals surface area (Å²) < 4.78 is 66.0. The first kappa shape index (κ1) is 15.0. The lowest BCUT2D eigenvalue weighted by Crippen LogP contribution is -2.26. The Morgan fingerprint density at radius 1 is 0.857 bits per heavy atom. The number of aliphatic carboxylic acids is 1. The second-order valence-electron chi connectivity index (χ2n) is 4.20. The molecule has 0 aliphatic rings. The van der Waals surface area contributed by atoms with Gasteiger partial charge in [-0.15, -0.1) is 0 Å². The molecule has 0 fully saturated rings. The molecule has 0 heterocycles. The number of hydrogen-bond acceptors (Lipinski definition) is 1. The minimum atomic E-state index is -4.38. The van der Waals surface area contributed by atoms with Gasteiger partial charge in [-0.05, 0) is 35.4 Å². The van der Waals surface area contributed by atoms with Crippen molar-refractivity contribution in [3.63, 3.8) is 0 Å². The van der Waals surface area contributed by atoms with E-state index in [1.807, 2.05) is 0 Å². The first-order chi connectivity index (χ1) is 9.73. The van der Waals surface area contributed by atoms with E-state index >= 15 is 0 Å². The standard InChI is InChI=1S/C14H7F5O2/c15-10-4-2-8(6-12(10)17)7-1-3-9(11(16)5-7)14(18,19)13(20)21/h1-6H,(H,20,21). The van der Waals surface area contributed by atoms with Gasteiger partial charge in [-0.3, -0.25) is 0 Å². The summed E-state index contributed by atoms with van der Waals surface area (Å²) in [4.78, 5) is 10.4. The van der Waals surface area contributed by atoms with Gasteiger partial charge >= 0.3 is 11.9 Å². The van der Waals surface area contributed by atoms with Crippen LogP contribution in [0.2, 0.25) is 0 Å². The Kier molecular flexibility index (Phi) is 3.67. The molecule has 2 aromatic rings. The van der Waals surface area contributed by atoms with E-state index in [9.17, 15) is 26.7 Å². The van der Waals surface area contributed by atoms with Gasteiger partial charge in [-0.1, -0.05) is 12.1 Å². The Balaban J connectivity index is 2.48. The van der Waals surface area contributed by atoms with E-state index in [0.29, 0.717) is 12.1 Å². The summed E-state index contributed by atoms with van der Waals surface area (Å²) in [6.45, 7) is 0. The average molecular weight is 302 g/mol. The summed E-state index contributed by atoms with van der Waals surface area (Å²) in [5, 5.41) is 8.36. The zero-order valence-electron chi connectivity index (χ0n) is 10.2. The first-order valence-electron chi connectivity index (χ1n) is 5.60. The number of halogens is 5. The van der Waals surface area contributed by atoms with E-state index in [-0.39, 0.29) is 11.1 Å². The molecule has 0 aromatic heterocycles. The van der Waals surface area contributed by atoms with E-state index in [1.54, 1.807) is 0 Å². The maximum Gasteiger partial charge on any atom is 0.379 e. The summed E-state index contributed by atoms with van der Waals surface area (Å²) in [5.74, 6) is -10.6. The van der Waals surface area contributed by atoms with Gasteiger partial charge in [0.05, 0.1) is 5.56 Å². The molecule has 2 rings (SSSR count). The van der Waals surface area contributed by atoms with E-state index in [4.69, 9.17) is 5.11 Å². The van der Waals surface area contributed by atoms with Crippen LogP contribution in [-0.4, -0.2) is 11.1 Å². The third-order valence-corrected chi connectivity index (χ3v) is 2.83. The molecular weight excluding hydrogens is 295 g/mol. The highest BCUT2D eigenvalue weighted by Gasteiger charge is 2.43. The largest absolute Gasteiger partial charge is 0.477 e. The fourth-order valence-corrected chi connectivity index (χ4v) is 1.74. The van der Waals surface area contributed by atoms with E-state index < -0.39 is 34.9 Å². The third kappa shape index (κ3) is 2.72. The Morgan fingerprint density at radius 2 is 1.38 bits per heavy atom.